The quantitative estimate of drug-likeness (QED) is 0.599. The lowest BCUT2D eigenvalue weighted by Crippen LogP contribution is -2.43. The highest BCUT2D eigenvalue weighted by molar-refractivity contribution is 5.76. The van der Waals surface area contributed by atoms with Crippen LogP contribution in [0.3, 0.4) is 0 Å². The highest BCUT2D eigenvalue weighted by atomic mass is 16.5. The molecule has 2 aliphatic rings. The fraction of sp³-hybridized carbons (Fsp3) is 0.900. The fourth-order valence-corrected chi connectivity index (χ4v) is 2.59. The topological polar surface area (TPSA) is 29.5 Å². The third kappa shape index (κ3) is 1.35. The number of hydrogen-bond donors (Lipinski definition) is 0. The van der Waals surface area contributed by atoms with Crippen LogP contribution in [0.5, 0.6) is 0 Å². The van der Waals surface area contributed by atoms with Crippen LogP contribution in [0.2, 0.25) is 0 Å². The third-order valence-corrected chi connectivity index (χ3v) is 3.22. The number of likely N-dealkylation sites (tertiary alicyclic amines) is 1. The Morgan fingerprint density at radius 3 is 2.69 bits per heavy atom. The van der Waals surface area contributed by atoms with Gasteiger partial charge in [-0.15, -0.1) is 0 Å². The molecule has 0 aromatic carbocycles. The molecule has 0 spiro atoms. The zero-order valence-electron chi connectivity index (χ0n) is 8.49. The molecule has 2 fully saturated rings. The maximum Gasteiger partial charge on any atom is 0.323 e. The van der Waals surface area contributed by atoms with E-state index in [1.165, 1.54) is 13.5 Å². The standard InChI is InChI=1S/C10H17NO2/c1-6(2)11-8-4-7(8)5-9(11)10(12)13-3/h6-9H,4-5H2,1-3H3/t7-,8-,9+/m1/s1. The van der Waals surface area contributed by atoms with Crippen molar-refractivity contribution in [2.75, 3.05) is 7.11 Å². The fourth-order valence-electron chi connectivity index (χ4n) is 2.59. The summed E-state index contributed by atoms with van der Waals surface area (Å²) in [5.41, 5.74) is 0. The van der Waals surface area contributed by atoms with Crippen LogP contribution in [-0.4, -0.2) is 36.1 Å². The number of fused-ring (bicyclic) bond motifs is 1. The van der Waals surface area contributed by atoms with Crippen molar-refractivity contribution in [3.8, 4) is 0 Å². The Morgan fingerprint density at radius 2 is 2.15 bits per heavy atom. The molecular formula is C10H17NO2. The zero-order valence-corrected chi connectivity index (χ0v) is 8.49. The van der Waals surface area contributed by atoms with Crippen LogP contribution in [0.25, 0.3) is 0 Å². The van der Waals surface area contributed by atoms with Crippen LogP contribution in [0.15, 0.2) is 0 Å². The molecule has 1 aliphatic heterocycles. The second kappa shape index (κ2) is 2.98. The molecule has 2 rings (SSSR count). The molecule has 0 radical (unpaired) electrons. The smallest absolute Gasteiger partial charge is 0.323 e. The highest BCUT2D eigenvalue weighted by Crippen LogP contribution is 2.48. The number of esters is 1. The van der Waals surface area contributed by atoms with Crippen molar-refractivity contribution < 1.29 is 9.53 Å². The summed E-state index contributed by atoms with van der Waals surface area (Å²) in [7, 11) is 1.48. The van der Waals surface area contributed by atoms with E-state index in [9.17, 15) is 4.79 Å². The van der Waals surface area contributed by atoms with Crippen molar-refractivity contribution >= 4 is 5.97 Å². The van der Waals surface area contributed by atoms with Crippen LogP contribution < -0.4 is 0 Å². The molecule has 0 aromatic rings. The summed E-state index contributed by atoms with van der Waals surface area (Å²) in [4.78, 5) is 13.7. The van der Waals surface area contributed by atoms with Gasteiger partial charge in [-0.1, -0.05) is 0 Å². The summed E-state index contributed by atoms with van der Waals surface area (Å²) in [6.45, 7) is 4.30. The lowest BCUT2D eigenvalue weighted by Gasteiger charge is -2.28. The van der Waals surface area contributed by atoms with E-state index in [0.717, 1.165) is 12.3 Å². The first-order valence-electron chi connectivity index (χ1n) is 5.00. The molecular weight excluding hydrogens is 166 g/mol. The highest BCUT2D eigenvalue weighted by Gasteiger charge is 2.55. The van der Waals surface area contributed by atoms with Gasteiger partial charge in [0.15, 0.2) is 0 Å². The molecule has 1 saturated carbocycles. The van der Waals surface area contributed by atoms with Crippen LogP contribution in [0, 0.1) is 5.92 Å². The molecule has 0 amide bonds. The van der Waals surface area contributed by atoms with Crippen molar-refractivity contribution in [1.82, 2.24) is 4.90 Å². The van der Waals surface area contributed by atoms with Crippen molar-refractivity contribution in [3.05, 3.63) is 0 Å². The predicted molar refractivity (Wildman–Crippen MR) is 49.3 cm³/mol. The number of carbonyl (C=O) groups excluding carboxylic acids is 1. The monoisotopic (exact) mass is 183 g/mol. The molecule has 0 bridgehead atoms. The molecule has 1 aliphatic carbocycles. The lowest BCUT2D eigenvalue weighted by atomic mass is 10.1. The summed E-state index contributed by atoms with van der Waals surface area (Å²) >= 11 is 0. The second-order valence-corrected chi connectivity index (χ2v) is 4.38. The van der Waals surface area contributed by atoms with E-state index in [1.54, 1.807) is 0 Å². The van der Waals surface area contributed by atoms with Gasteiger partial charge < -0.3 is 4.74 Å². The predicted octanol–water partition coefficient (Wildman–Crippen LogP) is 1.03. The van der Waals surface area contributed by atoms with Gasteiger partial charge >= 0.3 is 5.97 Å². The molecule has 1 heterocycles. The number of carbonyl (C=O) groups is 1. The molecule has 1 saturated heterocycles. The van der Waals surface area contributed by atoms with E-state index >= 15 is 0 Å². The van der Waals surface area contributed by atoms with E-state index in [2.05, 4.69) is 18.7 Å². The number of piperidine rings is 1. The number of hydrogen-bond acceptors (Lipinski definition) is 3. The summed E-state index contributed by atoms with van der Waals surface area (Å²) in [6.07, 6.45) is 2.29. The SMILES string of the molecule is COC(=O)[C@@H]1C[C@H]2C[C@H]2N1C(C)C. The molecule has 13 heavy (non-hydrogen) atoms. The van der Waals surface area contributed by atoms with Crippen molar-refractivity contribution in [3.63, 3.8) is 0 Å². The van der Waals surface area contributed by atoms with E-state index in [0.29, 0.717) is 12.1 Å². The minimum atomic E-state index is -0.0547. The number of nitrogens with zero attached hydrogens (tertiary/aromatic N) is 1. The van der Waals surface area contributed by atoms with Crippen LogP contribution in [0.4, 0.5) is 0 Å². The molecule has 0 aromatic heterocycles. The van der Waals surface area contributed by atoms with Crippen molar-refractivity contribution in [1.29, 1.82) is 0 Å². The maximum atomic E-state index is 11.4. The van der Waals surface area contributed by atoms with Gasteiger partial charge in [0.2, 0.25) is 0 Å². The maximum absolute atomic E-state index is 11.4. The van der Waals surface area contributed by atoms with Crippen LogP contribution in [0.1, 0.15) is 26.7 Å². The van der Waals surface area contributed by atoms with Gasteiger partial charge in [-0.05, 0) is 32.6 Å². The normalized spacial score (nSPS) is 37.7. The molecule has 3 heteroatoms. The summed E-state index contributed by atoms with van der Waals surface area (Å²) < 4.78 is 4.80. The number of ether oxygens (including phenoxy) is 1. The minimum absolute atomic E-state index is 0.0359. The Hall–Kier alpha value is -0.570. The number of rotatable bonds is 2. The van der Waals surface area contributed by atoms with E-state index in [4.69, 9.17) is 4.74 Å². The molecule has 3 nitrogen and oxygen atoms in total. The van der Waals surface area contributed by atoms with Gasteiger partial charge in [0, 0.05) is 12.1 Å². The van der Waals surface area contributed by atoms with Gasteiger partial charge in [0.1, 0.15) is 6.04 Å². The Balaban J connectivity index is 2.07. The van der Waals surface area contributed by atoms with Crippen LogP contribution in [-0.2, 0) is 9.53 Å². The van der Waals surface area contributed by atoms with E-state index < -0.39 is 0 Å². The van der Waals surface area contributed by atoms with Gasteiger partial charge in [0.25, 0.3) is 0 Å². The zero-order chi connectivity index (χ0) is 9.59. The van der Waals surface area contributed by atoms with Crippen molar-refractivity contribution in [2.45, 2.75) is 44.8 Å². The summed E-state index contributed by atoms with van der Waals surface area (Å²) in [5.74, 6) is 0.715. The summed E-state index contributed by atoms with van der Waals surface area (Å²) in [6, 6.07) is 1.17. The molecule has 3 atom stereocenters. The third-order valence-electron chi connectivity index (χ3n) is 3.22. The Morgan fingerprint density at radius 1 is 1.46 bits per heavy atom. The van der Waals surface area contributed by atoms with Gasteiger partial charge in [-0.2, -0.15) is 0 Å². The van der Waals surface area contributed by atoms with E-state index in [-0.39, 0.29) is 12.0 Å². The average Bonchev–Trinajstić information content (AvgIpc) is 2.74. The Kier molecular flexibility index (Phi) is 2.06. The lowest BCUT2D eigenvalue weighted by molar-refractivity contribution is -0.147. The minimum Gasteiger partial charge on any atom is -0.468 e. The largest absolute Gasteiger partial charge is 0.468 e. The first-order chi connectivity index (χ1) is 6.15. The van der Waals surface area contributed by atoms with Crippen LogP contribution >= 0.6 is 0 Å². The van der Waals surface area contributed by atoms with E-state index in [1.807, 2.05) is 0 Å². The summed E-state index contributed by atoms with van der Waals surface area (Å²) in [5, 5.41) is 0. The van der Waals surface area contributed by atoms with Crippen molar-refractivity contribution in [2.24, 2.45) is 5.92 Å². The first kappa shape index (κ1) is 9.00. The Labute approximate surface area is 79.0 Å². The average molecular weight is 183 g/mol. The first-order valence-corrected chi connectivity index (χ1v) is 5.00. The van der Waals surface area contributed by atoms with Gasteiger partial charge in [-0.3, -0.25) is 9.69 Å². The Bertz CT molecular complexity index is 227. The molecule has 74 valence electrons. The van der Waals surface area contributed by atoms with Gasteiger partial charge in [0.05, 0.1) is 7.11 Å². The van der Waals surface area contributed by atoms with Gasteiger partial charge in [-0.25, -0.2) is 0 Å². The second-order valence-electron chi connectivity index (χ2n) is 4.38. The molecule has 0 N–H and O–H groups in total. The number of methoxy groups -OCH3 is 1. The molecule has 0 unspecified atom stereocenters.